The fourth-order valence-electron chi connectivity index (χ4n) is 1.49. The molecule has 0 spiro atoms. The average Bonchev–Trinajstić information content (AvgIpc) is 2.62. The molecule has 0 aliphatic rings. The van der Waals surface area contributed by atoms with Crippen LogP contribution in [0.15, 0.2) is 36.5 Å². The number of aromatic carboxylic acids is 1. The van der Waals surface area contributed by atoms with E-state index in [0.29, 0.717) is 10.6 Å². The van der Waals surface area contributed by atoms with Crippen molar-refractivity contribution in [2.24, 2.45) is 0 Å². The molecule has 4 nitrogen and oxygen atoms in total. The number of nitrogens with zero attached hydrogens (tertiary/aromatic N) is 1. The Labute approximate surface area is 96.3 Å². The third kappa shape index (κ3) is 1.75. The summed E-state index contributed by atoms with van der Waals surface area (Å²) >= 11 is 5.73. The van der Waals surface area contributed by atoms with E-state index >= 15 is 0 Å². The van der Waals surface area contributed by atoms with Crippen LogP contribution in [0, 0.1) is 0 Å². The standard InChI is InChI=1S/C11H8ClNO3/c12-8-3-1-7(2-4-8)10-9(11(14)15)5-6-13(10)16/h1-6,16H,(H,14,15). The fourth-order valence-corrected chi connectivity index (χ4v) is 1.62. The predicted octanol–water partition coefficient (Wildman–Crippen LogP) is 2.74. The maximum atomic E-state index is 10.9. The number of carboxylic acids is 1. The van der Waals surface area contributed by atoms with Crippen LogP contribution < -0.4 is 0 Å². The van der Waals surface area contributed by atoms with Crippen LogP contribution >= 0.6 is 11.6 Å². The van der Waals surface area contributed by atoms with Gasteiger partial charge in [0.2, 0.25) is 0 Å². The van der Waals surface area contributed by atoms with E-state index in [1.54, 1.807) is 24.3 Å². The number of aromatic nitrogens is 1. The lowest BCUT2D eigenvalue weighted by Crippen LogP contribution is -2.00. The van der Waals surface area contributed by atoms with E-state index in [-0.39, 0.29) is 11.3 Å². The van der Waals surface area contributed by atoms with Crippen molar-refractivity contribution in [3.63, 3.8) is 0 Å². The van der Waals surface area contributed by atoms with Crippen LogP contribution in [-0.4, -0.2) is 21.0 Å². The number of hydrogen-bond donors (Lipinski definition) is 2. The molecule has 0 amide bonds. The zero-order valence-electron chi connectivity index (χ0n) is 8.09. The number of carboxylic acid groups (broad SMARTS) is 1. The largest absolute Gasteiger partial charge is 0.478 e. The summed E-state index contributed by atoms with van der Waals surface area (Å²) in [5.74, 6) is -1.09. The third-order valence-electron chi connectivity index (χ3n) is 2.21. The lowest BCUT2D eigenvalue weighted by Gasteiger charge is -2.04. The van der Waals surface area contributed by atoms with Crippen LogP contribution in [0.2, 0.25) is 5.02 Å². The van der Waals surface area contributed by atoms with Crippen molar-refractivity contribution in [3.8, 4) is 11.3 Å². The first-order valence-corrected chi connectivity index (χ1v) is 4.87. The summed E-state index contributed by atoms with van der Waals surface area (Å²) in [7, 11) is 0. The minimum absolute atomic E-state index is 0.0461. The van der Waals surface area contributed by atoms with Gasteiger partial charge >= 0.3 is 5.97 Å². The van der Waals surface area contributed by atoms with Crippen LogP contribution in [-0.2, 0) is 0 Å². The van der Waals surface area contributed by atoms with Crippen LogP contribution in [0.3, 0.4) is 0 Å². The molecule has 2 rings (SSSR count). The molecule has 1 heterocycles. The second-order valence-corrected chi connectivity index (χ2v) is 3.67. The van der Waals surface area contributed by atoms with Crippen molar-refractivity contribution >= 4 is 17.6 Å². The molecule has 0 radical (unpaired) electrons. The highest BCUT2D eigenvalue weighted by Crippen LogP contribution is 2.25. The number of benzene rings is 1. The average molecular weight is 238 g/mol. The van der Waals surface area contributed by atoms with Crippen molar-refractivity contribution in [3.05, 3.63) is 47.1 Å². The number of rotatable bonds is 2. The van der Waals surface area contributed by atoms with Gasteiger partial charge in [0.15, 0.2) is 0 Å². The molecular formula is C11H8ClNO3. The zero-order chi connectivity index (χ0) is 11.7. The van der Waals surface area contributed by atoms with Gasteiger partial charge in [-0.15, -0.1) is 0 Å². The van der Waals surface area contributed by atoms with Gasteiger partial charge < -0.3 is 10.3 Å². The SMILES string of the molecule is O=C(O)c1ccn(O)c1-c1ccc(Cl)cc1. The van der Waals surface area contributed by atoms with Crippen LogP contribution in [0.25, 0.3) is 11.3 Å². The summed E-state index contributed by atoms with van der Waals surface area (Å²) in [5, 5.41) is 19.0. The topological polar surface area (TPSA) is 62.5 Å². The molecule has 0 atom stereocenters. The monoisotopic (exact) mass is 237 g/mol. The molecule has 82 valence electrons. The highest BCUT2D eigenvalue weighted by molar-refractivity contribution is 6.30. The maximum absolute atomic E-state index is 10.9. The van der Waals surface area contributed by atoms with E-state index in [0.717, 1.165) is 4.73 Å². The molecule has 0 aliphatic heterocycles. The van der Waals surface area contributed by atoms with E-state index in [4.69, 9.17) is 16.7 Å². The highest BCUT2D eigenvalue weighted by Gasteiger charge is 2.16. The Bertz CT molecular complexity index is 531. The van der Waals surface area contributed by atoms with Crippen molar-refractivity contribution in [1.29, 1.82) is 0 Å². The van der Waals surface area contributed by atoms with Gasteiger partial charge in [0.1, 0.15) is 5.69 Å². The molecule has 1 aromatic carbocycles. The van der Waals surface area contributed by atoms with E-state index in [9.17, 15) is 10.0 Å². The van der Waals surface area contributed by atoms with E-state index < -0.39 is 5.97 Å². The number of hydrogen-bond acceptors (Lipinski definition) is 2. The summed E-state index contributed by atoms with van der Waals surface area (Å²) in [5.41, 5.74) is 0.878. The van der Waals surface area contributed by atoms with Crippen molar-refractivity contribution < 1.29 is 15.1 Å². The summed E-state index contributed by atoms with van der Waals surface area (Å²) in [4.78, 5) is 10.9. The second-order valence-electron chi connectivity index (χ2n) is 3.23. The lowest BCUT2D eigenvalue weighted by atomic mass is 10.1. The van der Waals surface area contributed by atoms with Gasteiger partial charge in [0.25, 0.3) is 0 Å². The summed E-state index contributed by atoms with van der Waals surface area (Å²) in [6, 6.07) is 7.91. The smallest absolute Gasteiger partial charge is 0.338 e. The summed E-state index contributed by atoms with van der Waals surface area (Å²) in [6.07, 6.45) is 1.29. The maximum Gasteiger partial charge on any atom is 0.338 e. The Morgan fingerprint density at radius 2 is 1.81 bits per heavy atom. The van der Waals surface area contributed by atoms with Gasteiger partial charge in [-0.2, -0.15) is 4.73 Å². The van der Waals surface area contributed by atoms with Gasteiger partial charge in [0, 0.05) is 16.8 Å². The second kappa shape index (κ2) is 3.90. The van der Waals surface area contributed by atoms with Gasteiger partial charge in [-0.3, -0.25) is 0 Å². The molecule has 0 saturated heterocycles. The summed E-state index contributed by atoms with van der Waals surface area (Å²) < 4.78 is 0.784. The van der Waals surface area contributed by atoms with E-state index in [1.165, 1.54) is 12.3 Å². The molecule has 0 bridgehead atoms. The molecule has 0 saturated carbocycles. The molecule has 0 unspecified atom stereocenters. The third-order valence-corrected chi connectivity index (χ3v) is 2.47. The molecule has 0 fully saturated rings. The molecule has 2 aromatic rings. The molecular weight excluding hydrogens is 230 g/mol. The molecule has 2 N–H and O–H groups in total. The minimum atomic E-state index is -1.09. The molecule has 1 aromatic heterocycles. The highest BCUT2D eigenvalue weighted by atomic mass is 35.5. The fraction of sp³-hybridized carbons (Fsp3) is 0. The zero-order valence-corrected chi connectivity index (χ0v) is 8.85. The first-order chi connectivity index (χ1) is 7.59. The number of halogens is 1. The Balaban J connectivity index is 2.58. The Morgan fingerprint density at radius 1 is 1.19 bits per heavy atom. The quantitative estimate of drug-likeness (QED) is 0.790. The van der Waals surface area contributed by atoms with E-state index in [1.807, 2.05) is 0 Å². The van der Waals surface area contributed by atoms with Gasteiger partial charge in [0.05, 0.1) is 5.56 Å². The predicted molar refractivity (Wildman–Crippen MR) is 59.0 cm³/mol. The lowest BCUT2D eigenvalue weighted by molar-refractivity contribution is 0.0696. The summed E-state index contributed by atoms with van der Waals surface area (Å²) in [6.45, 7) is 0. The van der Waals surface area contributed by atoms with Gasteiger partial charge in [-0.25, -0.2) is 4.79 Å². The molecule has 5 heteroatoms. The first-order valence-electron chi connectivity index (χ1n) is 4.49. The normalized spacial score (nSPS) is 10.3. The van der Waals surface area contributed by atoms with Crippen molar-refractivity contribution in [2.45, 2.75) is 0 Å². The first kappa shape index (κ1) is 10.6. The number of carbonyl (C=O) groups is 1. The Hall–Kier alpha value is -1.94. The van der Waals surface area contributed by atoms with Crippen molar-refractivity contribution in [1.82, 2.24) is 4.73 Å². The van der Waals surface area contributed by atoms with Crippen molar-refractivity contribution in [2.75, 3.05) is 0 Å². The van der Waals surface area contributed by atoms with Crippen LogP contribution in [0.4, 0.5) is 0 Å². The molecule has 16 heavy (non-hydrogen) atoms. The van der Waals surface area contributed by atoms with Crippen LogP contribution in [0.1, 0.15) is 10.4 Å². The Morgan fingerprint density at radius 3 is 2.38 bits per heavy atom. The van der Waals surface area contributed by atoms with E-state index in [2.05, 4.69) is 0 Å². The van der Waals surface area contributed by atoms with Gasteiger partial charge in [-0.05, 0) is 18.2 Å². The Kier molecular flexibility index (Phi) is 2.58. The minimum Gasteiger partial charge on any atom is -0.478 e. The van der Waals surface area contributed by atoms with Crippen LogP contribution in [0.5, 0.6) is 0 Å². The van der Waals surface area contributed by atoms with Gasteiger partial charge in [-0.1, -0.05) is 23.7 Å². The molecule has 0 aliphatic carbocycles.